The summed E-state index contributed by atoms with van der Waals surface area (Å²) in [4.78, 5) is 10.9. The molecule has 1 saturated heterocycles. The van der Waals surface area contributed by atoms with E-state index < -0.39 is 5.92 Å². The van der Waals surface area contributed by atoms with Crippen LogP contribution in [0.15, 0.2) is 48.5 Å². The van der Waals surface area contributed by atoms with E-state index in [9.17, 15) is 13.2 Å². The summed E-state index contributed by atoms with van der Waals surface area (Å²) in [6, 6.07) is 13.8. The van der Waals surface area contributed by atoms with Crippen molar-refractivity contribution >= 4 is 22.7 Å². The van der Waals surface area contributed by atoms with Gasteiger partial charge in [0.15, 0.2) is 0 Å². The maximum Gasteiger partial charge on any atom is 0.251 e. The molecular weight excluding hydrogens is 353 g/mol. The number of halogens is 3. The molecule has 140 valence electrons. The smallest absolute Gasteiger partial charge is 0.251 e. The predicted molar refractivity (Wildman–Crippen MR) is 99.7 cm³/mol. The van der Waals surface area contributed by atoms with Crippen LogP contribution in [0.1, 0.15) is 18.4 Å². The van der Waals surface area contributed by atoms with Crippen LogP contribution in [-0.4, -0.2) is 29.0 Å². The van der Waals surface area contributed by atoms with E-state index in [1.807, 2.05) is 24.3 Å². The highest BCUT2D eigenvalue weighted by Crippen LogP contribution is 2.31. The maximum absolute atomic E-state index is 13.5. The highest BCUT2D eigenvalue weighted by molar-refractivity contribution is 5.90. The third kappa shape index (κ3) is 3.97. The van der Waals surface area contributed by atoms with E-state index in [0.717, 1.165) is 16.5 Å². The van der Waals surface area contributed by atoms with Crippen molar-refractivity contribution in [1.29, 1.82) is 0 Å². The minimum atomic E-state index is -2.61. The number of fused-ring (bicyclic) bond motifs is 1. The number of nitrogens with one attached hydrogen (secondary N) is 1. The van der Waals surface area contributed by atoms with Gasteiger partial charge in [0.1, 0.15) is 11.6 Å². The monoisotopic (exact) mass is 372 g/mol. The van der Waals surface area contributed by atoms with Gasteiger partial charge in [-0.2, -0.15) is 4.98 Å². The van der Waals surface area contributed by atoms with Gasteiger partial charge in [-0.15, -0.1) is 0 Å². The Labute approximate surface area is 155 Å². The van der Waals surface area contributed by atoms with Crippen molar-refractivity contribution in [2.75, 3.05) is 23.3 Å². The van der Waals surface area contributed by atoms with Crippen LogP contribution in [0.4, 0.5) is 24.9 Å². The Hall–Kier alpha value is -2.83. The lowest BCUT2D eigenvalue weighted by atomic mass is 10.1. The standard InChI is InChI=1S/C20H19F3N4/c21-15-7-5-14(6-8-15)13-24-18-16-3-1-2-4-17(16)25-19(26-18)27-11-9-20(22,23)10-12-27/h1-8H,9-13H2,(H,24,25,26). The van der Waals surface area contributed by atoms with Crippen molar-refractivity contribution < 1.29 is 13.2 Å². The quantitative estimate of drug-likeness (QED) is 0.726. The zero-order valence-corrected chi connectivity index (χ0v) is 14.6. The molecule has 0 saturated carbocycles. The van der Waals surface area contributed by atoms with Crippen LogP contribution in [0.3, 0.4) is 0 Å². The molecule has 1 aliphatic rings. The number of anilines is 2. The van der Waals surface area contributed by atoms with E-state index in [2.05, 4.69) is 15.3 Å². The molecule has 1 aromatic heterocycles. The van der Waals surface area contributed by atoms with E-state index in [1.165, 1.54) is 12.1 Å². The minimum absolute atomic E-state index is 0.193. The van der Waals surface area contributed by atoms with Crippen LogP contribution >= 0.6 is 0 Å². The van der Waals surface area contributed by atoms with Crippen LogP contribution in [-0.2, 0) is 6.54 Å². The summed E-state index contributed by atoms with van der Waals surface area (Å²) in [5.41, 5.74) is 1.67. The second-order valence-electron chi connectivity index (χ2n) is 6.71. The lowest BCUT2D eigenvalue weighted by Gasteiger charge is -2.32. The normalized spacial score (nSPS) is 16.5. The van der Waals surface area contributed by atoms with E-state index >= 15 is 0 Å². The van der Waals surface area contributed by atoms with Gasteiger partial charge in [0, 0.05) is 37.9 Å². The summed E-state index contributed by atoms with van der Waals surface area (Å²) in [7, 11) is 0. The molecule has 1 aliphatic heterocycles. The van der Waals surface area contributed by atoms with Gasteiger partial charge in [-0.3, -0.25) is 0 Å². The number of piperidine rings is 1. The lowest BCUT2D eigenvalue weighted by Crippen LogP contribution is -2.40. The van der Waals surface area contributed by atoms with Crippen molar-refractivity contribution in [2.24, 2.45) is 0 Å². The van der Waals surface area contributed by atoms with E-state index in [4.69, 9.17) is 0 Å². The Morgan fingerprint density at radius 1 is 0.963 bits per heavy atom. The first-order valence-corrected chi connectivity index (χ1v) is 8.88. The van der Waals surface area contributed by atoms with Crippen LogP contribution in [0.5, 0.6) is 0 Å². The number of benzene rings is 2. The summed E-state index contributed by atoms with van der Waals surface area (Å²) in [6.45, 7) is 0.921. The second kappa shape index (κ2) is 7.06. The molecule has 27 heavy (non-hydrogen) atoms. The highest BCUT2D eigenvalue weighted by atomic mass is 19.3. The van der Waals surface area contributed by atoms with Crippen molar-refractivity contribution in [3.05, 3.63) is 59.9 Å². The molecule has 2 heterocycles. The lowest BCUT2D eigenvalue weighted by molar-refractivity contribution is -0.0222. The Kier molecular flexibility index (Phi) is 4.59. The Bertz CT molecular complexity index is 934. The van der Waals surface area contributed by atoms with E-state index in [0.29, 0.717) is 18.3 Å². The highest BCUT2D eigenvalue weighted by Gasteiger charge is 2.35. The SMILES string of the molecule is Fc1ccc(CNc2nc(N3CCC(F)(F)CC3)nc3ccccc23)cc1. The number of rotatable bonds is 4. The van der Waals surface area contributed by atoms with Gasteiger partial charge in [0.05, 0.1) is 5.52 Å². The minimum Gasteiger partial charge on any atom is -0.365 e. The Morgan fingerprint density at radius 3 is 2.41 bits per heavy atom. The molecule has 0 amide bonds. The molecule has 1 fully saturated rings. The number of aromatic nitrogens is 2. The van der Waals surface area contributed by atoms with E-state index in [1.54, 1.807) is 17.0 Å². The third-order valence-electron chi connectivity index (χ3n) is 4.74. The molecule has 1 N–H and O–H groups in total. The van der Waals surface area contributed by atoms with Gasteiger partial charge in [-0.05, 0) is 29.8 Å². The molecule has 7 heteroatoms. The van der Waals surface area contributed by atoms with Crippen molar-refractivity contribution in [2.45, 2.75) is 25.3 Å². The first kappa shape index (κ1) is 17.6. The largest absolute Gasteiger partial charge is 0.365 e. The molecule has 4 nitrogen and oxygen atoms in total. The summed E-state index contributed by atoms with van der Waals surface area (Å²) < 4.78 is 40.0. The fourth-order valence-electron chi connectivity index (χ4n) is 3.16. The maximum atomic E-state index is 13.5. The van der Waals surface area contributed by atoms with Crippen LogP contribution in [0, 0.1) is 5.82 Å². The third-order valence-corrected chi connectivity index (χ3v) is 4.74. The first-order valence-electron chi connectivity index (χ1n) is 8.88. The molecule has 0 atom stereocenters. The molecule has 0 bridgehead atoms. The zero-order chi connectivity index (χ0) is 18.9. The first-order chi connectivity index (χ1) is 13.0. The van der Waals surface area contributed by atoms with Crippen molar-refractivity contribution in [3.63, 3.8) is 0 Å². The average molecular weight is 372 g/mol. The zero-order valence-electron chi connectivity index (χ0n) is 14.6. The fraction of sp³-hybridized carbons (Fsp3) is 0.300. The van der Waals surface area contributed by atoms with Crippen molar-refractivity contribution in [3.8, 4) is 0 Å². The summed E-state index contributed by atoms with van der Waals surface area (Å²) in [5.74, 6) is -1.81. The van der Waals surface area contributed by atoms with Crippen molar-refractivity contribution in [1.82, 2.24) is 9.97 Å². The molecule has 0 spiro atoms. The van der Waals surface area contributed by atoms with E-state index in [-0.39, 0.29) is 31.7 Å². The summed E-state index contributed by atoms with van der Waals surface area (Å²) in [5, 5.41) is 4.12. The molecular formula is C20H19F3N4. The summed E-state index contributed by atoms with van der Waals surface area (Å²) in [6.07, 6.45) is -0.386. The number of hydrogen-bond acceptors (Lipinski definition) is 4. The van der Waals surface area contributed by atoms with Crippen LogP contribution in [0.2, 0.25) is 0 Å². The number of alkyl halides is 2. The van der Waals surface area contributed by atoms with Gasteiger partial charge in [-0.1, -0.05) is 24.3 Å². The van der Waals surface area contributed by atoms with Crippen LogP contribution < -0.4 is 10.2 Å². The van der Waals surface area contributed by atoms with Gasteiger partial charge in [0.25, 0.3) is 5.92 Å². The average Bonchev–Trinajstić information content (AvgIpc) is 2.67. The summed E-state index contributed by atoms with van der Waals surface area (Å²) >= 11 is 0. The molecule has 4 rings (SSSR count). The molecule has 3 aromatic rings. The number of hydrogen-bond donors (Lipinski definition) is 1. The number of nitrogens with zero attached hydrogens (tertiary/aromatic N) is 3. The van der Waals surface area contributed by atoms with Gasteiger partial charge >= 0.3 is 0 Å². The molecule has 0 radical (unpaired) electrons. The topological polar surface area (TPSA) is 41.1 Å². The fourth-order valence-corrected chi connectivity index (χ4v) is 3.16. The van der Waals surface area contributed by atoms with Crippen LogP contribution in [0.25, 0.3) is 10.9 Å². The molecule has 0 unspecified atom stereocenters. The van der Waals surface area contributed by atoms with Gasteiger partial charge in [-0.25, -0.2) is 18.2 Å². The Balaban J connectivity index is 1.61. The van der Waals surface area contributed by atoms with Gasteiger partial charge < -0.3 is 10.2 Å². The molecule has 2 aromatic carbocycles. The second-order valence-corrected chi connectivity index (χ2v) is 6.71. The number of para-hydroxylation sites is 1. The Morgan fingerprint density at radius 2 is 1.67 bits per heavy atom. The molecule has 0 aliphatic carbocycles. The predicted octanol–water partition coefficient (Wildman–Crippen LogP) is 4.62. The van der Waals surface area contributed by atoms with Gasteiger partial charge in [0.2, 0.25) is 5.95 Å².